The van der Waals surface area contributed by atoms with E-state index in [4.69, 9.17) is 21.1 Å². The summed E-state index contributed by atoms with van der Waals surface area (Å²) in [7, 11) is 1.65. The van der Waals surface area contributed by atoms with Gasteiger partial charge in [0.05, 0.1) is 7.11 Å². The summed E-state index contributed by atoms with van der Waals surface area (Å²) in [6, 6.07) is 21.7. The Balaban J connectivity index is 1.64. The molecule has 5 heteroatoms. The largest absolute Gasteiger partial charge is 0.493 e. The molecule has 26 heavy (non-hydrogen) atoms. The van der Waals surface area contributed by atoms with Crippen molar-refractivity contribution in [1.82, 2.24) is 0 Å². The summed E-state index contributed by atoms with van der Waals surface area (Å²) in [5.41, 5.74) is 3.19. The molecule has 3 rings (SSSR count). The molecule has 0 aromatic heterocycles. The molecule has 0 spiro atoms. The van der Waals surface area contributed by atoms with Crippen molar-refractivity contribution in [3.05, 3.63) is 87.4 Å². The number of nitrogens with one attached hydrogen (secondary N) is 1. The lowest BCUT2D eigenvalue weighted by Gasteiger charge is -2.13. The average Bonchev–Trinajstić information content (AvgIpc) is 2.66. The van der Waals surface area contributed by atoms with Crippen molar-refractivity contribution in [2.45, 2.75) is 13.2 Å². The maximum absolute atomic E-state index is 6.01. The highest BCUT2D eigenvalue weighted by molar-refractivity contribution is 9.10. The van der Waals surface area contributed by atoms with Gasteiger partial charge in [0, 0.05) is 21.7 Å². The normalized spacial score (nSPS) is 10.4. The fraction of sp³-hybridized carbons (Fsp3) is 0.143. The fourth-order valence-corrected chi connectivity index (χ4v) is 2.98. The van der Waals surface area contributed by atoms with E-state index in [-0.39, 0.29) is 0 Å². The molecule has 1 N–H and O–H groups in total. The van der Waals surface area contributed by atoms with Crippen LogP contribution >= 0.6 is 27.5 Å². The molecule has 0 radical (unpaired) electrons. The van der Waals surface area contributed by atoms with Gasteiger partial charge in [-0.05, 0) is 59.7 Å². The van der Waals surface area contributed by atoms with Gasteiger partial charge >= 0.3 is 0 Å². The lowest BCUT2D eigenvalue weighted by Crippen LogP contribution is -2.01. The van der Waals surface area contributed by atoms with Crippen LogP contribution in [0.1, 0.15) is 11.1 Å². The van der Waals surface area contributed by atoms with Crippen LogP contribution in [0.4, 0.5) is 5.69 Å². The summed E-state index contributed by atoms with van der Waals surface area (Å²) in [6.45, 7) is 1.14. The molecule has 0 amide bonds. The van der Waals surface area contributed by atoms with E-state index in [0.29, 0.717) is 29.7 Å². The summed E-state index contributed by atoms with van der Waals surface area (Å²) >= 11 is 9.45. The molecule has 0 atom stereocenters. The third kappa shape index (κ3) is 5.16. The van der Waals surface area contributed by atoms with Gasteiger partial charge in [-0.25, -0.2) is 0 Å². The lowest BCUT2D eigenvalue weighted by molar-refractivity contribution is 0.284. The first-order chi connectivity index (χ1) is 12.6. The molecule has 0 saturated carbocycles. The molecule has 3 aromatic carbocycles. The van der Waals surface area contributed by atoms with Crippen LogP contribution in [0.25, 0.3) is 0 Å². The molecule has 0 bridgehead atoms. The molecule has 0 fully saturated rings. The minimum atomic E-state index is 0.438. The molecular formula is C21H19BrClNO2. The summed E-state index contributed by atoms with van der Waals surface area (Å²) in [5.74, 6) is 1.42. The molecule has 0 aliphatic rings. The number of rotatable bonds is 7. The highest BCUT2D eigenvalue weighted by Gasteiger charge is 2.07. The van der Waals surface area contributed by atoms with Gasteiger partial charge in [-0.1, -0.05) is 45.7 Å². The molecule has 134 valence electrons. The van der Waals surface area contributed by atoms with Crippen molar-refractivity contribution in [2.75, 3.05) is 12.4 Å². The van der Waals surface area contributed by atoms with E-state index < -0.39 is 0 Å². The highest BCUT2D eigenvalue weighted by Crippen LogP contribution is 2.29. The Kier molecular flexibility index (Phi) is 6.42. The van der Waals surface area contributed by atoms with E-state index in [1.54, 1.807) is 7.11 Å². The van der Waals surface area contributed by atoms with Gasteiger partial charge in [-0.2, -0.15) is 0 Å². The zero-order valence-corrected chi connectivity index (χ0v) is 16.7. The maximum atomic E-state index is 6.01. The number of halogens is 2. The molecule has 3 nitrogen and oxygen atoms in total. The van der Waals surface area contributed by atoms with Gasteiger partial charge in [-0.3, -0.25) is 0 Å². The summed E-state index contributed by atoms with van der Waals surface area (Å²) in [6.07, 6.45) is 0. The van der Waals surface area contributed by atoms with Crippen LogP contribution in [0.3, 0.4) is 0 Å². The molecule has 3 aromatic rings. The first-order valence-electron chi connectivity index (χ1n) is 8.17. The quantitative estimate of drug-likeness (QED) is 0.475. The van der Waals surface area contributed by atoms with Crippen molar-refractivity contribution < 1.29 is 9.47 Å². The monoisotopic (exact) mass is 431 g/mol. The van der Waals surface area contributed by atoms with Gasteiger partial charge in [0.2, 0.25) is 0 Å². The molecular weight excluding hydrogens is 414 g/mol. The topological polar surface area (TPSA) is 30.5 Å². The standard InChI is InChI=1S/C21H19BrClNO2/c1-25-21-12-15(13-24-19-8-6-17(22)7-9-19)5-10-20(21)26-14-16-3-2-4-18(23)11-16/h2-12,24H,13-14H2,1H3. The van der Waals surface area contributed by atoms with Gasteiger partial charge in [-0.15, -0.1) is 0 Å². The van der Waals surface area contributed by atoms with Gasteiger partial charge in [0.25, 0.3) is 0 Å². The maximum Gasteiger partial charge on any atom is 0.161 e. The minimum Gasteiger partial charge on any atom is -0.493 e. The Labute approximate surface area is 167 Å². The van der Waals surface area contributed by atoms with E-state index >= 15 is 0 Å². The van der Waals surface area contributed by atoms with Crippen LogP contribution in [0, 0.1) is 0 Å². The van der Waals surface area contributed by atoms with Crippen LogP contribution < -0.4 is 14.8 Å². The van der Waals surface area contributed by atoms with Crippen molar-refractivity contribution in [1.29, 1.82) is 0 Å². The summed E-state index contributed by atoms with van der Waals surface area (Å²) in [5, 5.41) is 4.09. The first kappa shape index (κ1) is 18.6. The van der Waals surface area contributed by atoms with Crippen molar-refractivity contribution in [3.63, 3.8) is 0 Å². The summed E-state index contributed by atoms with van der Waals surface area (Å²) in [4.78, 5) is 0. The molecule has 0 aliphatic heterocycles. The predicted molar refractivity (Wildman–Crippen MR) is 110 cm³/mol. The second-order valence-electron chi connectivity index (χ2n) is 5.76. The Bertz CT molecular complexity index is 868. The SMILES string of the molecule is COc1cc(CNc2ccc(Br)cc2)ccc1OCc1cccc(Cl)c1. The number of ether oxygens (including phenoxy) is 2. The Morgan fingerprint density at radius 1 is 0.923 bits per heavy atom. The van der Waals surface area contributed by atoms with Crippen molar-refractivity contribution >= 4 is 33.2 Å². The smallest absolute Gasteiger partial charge is 0.161 e. The number of anilines is 1. The number of hydrogen-bond donors (Lipinski definition) is 1. The van der Waals surface area contributed by atoms with E-state index in [1.807, 2.05) is 66.7 Å². The zero-order chi connectivity index (χ0) is 18.4. The number of benzene rings is 3. The van der Waals surface area contributed by atoms with Crippen LogP contribution in [0.15, 0.2) is 71.2 Å². The van der Waals surface area contributed by atoms with Crippen LogP contribution in [-0.2, 0) is 13.2 Å². The lowest BCUT2D eigenvalue weighted by atomic mass is 10.2. The molecule has 0 saturated heterocycles. The van der Waals surface area contributed by atoms with Crippen LogP contribution in [0.5, 0.6) is 11.5 Å². The average molecular weight is 433 g/mol. The Hall–Kier alpha value is -2.17. The molecule has 0 aliphatic carbocycles. The van der Waals surface area contributed by atoms with Gasteiger partial charge < -0.3 is 14.8 Å². The molecule has 0 unspecified atom stereocenters. The number of methoxy groups -OCH3 is 1. The third-order valence-electron chi connectivity index (χ3n) is 3.85. The van der Waals surface area contributed by atoms with Gasteiger partial charge in [0.15, 0.2) is 11.5 Å². The first-order valence-corrected chi connectivity index (χ1v) is 9.35. The van der Waals surface area contributed by atoms with E-state index in [1.165, 1.54) is 0 Å². The highest BCUT2D eigenvalue weighted by atomic mass is 79.9. The second kappa shape index (κ2) is 8.97. The van der Waals surface area contributed by atoms with E-state index in [2.05, 4.69) is 21.2 Å². The second-order valence-corrected chi connectivity index (χ2v) is 7.12. The third-order valence-corrected chi connectivity index (χ3v) is 4.62. The Morgan fingerprint density at radius 2 is 1.73 bits per heavy atom. The number of hydrogen-bond acceptors (Lipinski definition) is 3. The van der Waals surface area contributed by atoms with Crippen LogP contribution in [0.2, 0.25) is 5.02 Å². The van der Waals surface area contributed by atoms with Gasteiger partial charge in [0.1, 0.15) is 6.61 Å². The minimum absolute atomic E-state index is 0.438. The predicted octanol–water partition coefficient (Wildman–Crippen LogP) is 6.30. The summed E-state index contributed by atoms with van der Waals surface area (Å²) < 4.78 is 12.4. The molecule has 0 heterocycles. The fourth-order valence-electron chi connectivity index (χ4n) is 2.50. The Morgan fingerprint density at radius 3 is 2.46 bits per heavy atom. The van der Waals surface area contributed by atoms with E-state index in [9.17, 15) is 0 Å². The van der Waals surface area contributed by atoms with Crippen LogP contribution in [-0.4, -0.2) is 7.11 Å². The van der Waals surface area contributed by atoms with Crippen molar-refractivity contribution in [3.8, 4) is 11.5 Å². The zero-order valence-electron chi connectivity index (χ0n) is 14.3. The van der Waals surface area contributed by atoms with E-state index in [0.717, 1.165) is 21.3 Å². The van der Waals surface area contributed by atoms with Crippen molar-refractivity contribution in [2.24, 2.45) is 0 Å².